The normalized spacial score (nSPS) is 12.8. The first-order chi connectivity index (χ1) is 10.8. The molecule has 7 heteroatoms. The van der Waals surface area contributed by atoms with E-state index in [2.05, 4.69) is 4.72 Å². The van der Waals surface area contributed by atoms with E-state index in [9.17, 15) is 22.7 Å². The molecule has 0 saturated heterocycles. The first-order valence-corrected chi connectivity index (χ1v) is 8.33. The highest BCUT2D eigenvalue weighted by Gasteiger charge is 2.26. The summed E-state index contributed by atoms with van der Waals surface area (Å²) in [4.78, 5) is 11.2. The summed E-state index contributed by atoms with van der Waals surface area (Å²) < 4.78 is 40.0. The molecule has 0 heterocycles. The fourth-order valence-electron chi connectivity index (χ4n) is 2.07. The zero-order valence-electron chi connectivity index (χ0n) is 12.4. The van der Waals surface area contributed by atoms with Crippen molar-refractivity contribution < 1.29 is 22.7 Å². The SMILES string of the molecule is Cc1cc(S(=O)(=O)N[C@H](Cc2ccccc2)C(=O)O)ccc1F. The monoisotopic (exact) mass is 337 g/mol. The van der Waals surface area contributed by atoms with Crippen molar-refractivity contribution in [1.82, 2.24) is 4.72 Å². The number of hydrogen-bond donors (Lipinski definition) is 2. The van der Waals surface area contributed by atoms with Crippen LogP contribution in [0.2, 0.25) is 0 Å². The van der Waals surface area contributed by atoms with Crippen molar-refractivity contribution in [2.75, 3.05) is 0 Å². The first-order valence-electron chi connectivity index (χ1n) is 6.85. The molecule has 2 N–H and O–H groups in total. The lowest BCUT2D eigenvalue weighted by atomic mass is 10.1. The van der Waals surface area contributed by atoms with Crippen molar-refractivity contribution in [3.8, 4) is 0 Å². The Labute approximate surface area is 133 Å². The van der Waals surface area contributed by atoms with Gasteiger partial charge in [0.05, 0.1) is 4.90 Å². The van der Waals surface area contributed by atoms with Crippen molar-refractivity contribution in [1.29, 1.82) is 0 Å². The molecular formula is C16H16FNO4S. The van der Waals surface area contributed by atoms with Crippen molar-refractivity contribution in [3.05, 3.63) is 65.5 Å². The minimum atomic E-state index is -4.06. The molecule has 2 aromatic rings. The summed E-state index contributed by atoms with van der Waals surface area (Å²) in [5, 5.41) is 9.26. The second-order valence-corrected chi connectivity index (χ2v) is 6.83. The van der Waals surface area contributed by atoms with E-state index in [1.165, 1.54) is 13.0 Å². The third-order valence-corrected chi connectivity index (χ3v) is 4.79. The number of halogens is 1. The van der Waals surface area contributed by atoms with Gasteiger partial charge in [-0.15, -0.1) is 0 Å². The van der Waals surface area contributed by atoms with Crippen LogP contribution in [0.5, 0.6) is 0 Å². The fourth-order valence-corrected chi connectivity index (χ4v) is 3.34. The minimum Gasteiger partial charge on any atom is -0.480 e. The van der Waals surface area contributed by atoms with Gasteiger partial charge in [0, 0.05) is 0 Å². The number of benzene rings is 2. The van der Waals surface area contributed by atoms with Crippen molar-refractivity contribution in [3.63, 3.8) is 0 Å². The second kappa shape index (κ2) is 6.89. The van der Waals surface area contributed by atoms with Gasteiger partial charge in [-0.05, 0) is 42.7 Å². The molecule has 0 aliphatic carbocycles. The average molecular weight is 337 g/mol. The van der Waals surface area contributed by atoms with Gasteiger partial charge < -0.3 is 5.11 Å². The van der Waals surface area contributed by atoms with Gasteiger partial charge in [0.25, 0.3) is 0 Å². The standard InChI is InChI=1S/C16H16FNO4S/c1-11-9-13(7-8-14(11)17)23(21,22)18-15(16(19)20)10-12-5-3-2-4-6-12/h2-9,15,18H,10H2,1H3,(H,19,20)/t15-/m1/s1. The Bertz CT molecular complexity index is 806. The number of aliphatic carboxylic acids is 1. The highest BCUT2D eigenvalue weighted by Crippen LogP contribution is 2.15. The number of carboxylic acids is 1. The third kappa shape index (κ3) is 4.37. The molecule has 0 spiro atoms. The Hall–Kier alpha value is -2.25. The van der Waals surface area contributed by atoms with Gasteiger partial charge in [-0.1, -0.05) is 30.3 Å². The zero-order valence-corrected chi connectivity index (χ0v) is 13.2. The Morgan fingerprint density at radius 1 is 1.22 bits per heavy atom. The molecule has 0 fully saturated rings. The van der Waals surface area contributed by atoms with Crippen LogP contribution in [0.4, 0.5) is 4.39 Å². The number of carbonyl (C=O) groups is 1. The van der Waals surface area contributed by atoms with E-state index in [-0.39, 0.29) is 16.9 Å². The summed E-state index contributed by atoms with van der Waals surface area (Å²) in [5.74, 6) is -1.81. The van der Waals surface area contributed by atoms with E-state index >= 15 is 0 Å². The topological polar surface area (TPSA) is 83.5 Å². The molecule has 2 rings (SSSR count). The summed E-state index contributed by atoms with van der Waals surface area (Å²) in [5.41, 5.74) is 0.862. The molecule has 0 bridgehead atoms. The van der Waals surface area contributed by atoms with Crippen LogP contribution in [0.3, 0.4) is 0 Å². The van der Waals surface area contributed by atoms with Crippen LogP contribution >= 0.6 is 0 Å². The number of aryl methyl sites for hydroxylation is 1. The Morgan fingerprint density at radius 3 is 2.43 bits per heavy atom. The van der Waals surface area contributed by atoms with Crippen LogP contribution in [0.25, 0.3) is 0 Å². The van der Waals surface area contributed by atoms with E-state index in [1.807, 2.05) is 0 Å². The minimum absolute atomic E-state index is 0.00950. The lowest BCUT2D eigenvalue weighted by molar-refractivity contribution is -0.138. The van der Waals surface area contributed by atoms with Gasteiger partial charge >= 0.3 is 5.97 Å². The van der Waals surface area contributed by atoms with E-state index in [1.54, 1.807) is 30.3 Å². The molecule has 0 aliphatic rings. The Morgan fingerprint density at radius 2 is 1.87 bits per heavy atom. The number of nitrogens with one attached hydrogen (secondary N) is 1. The molecule has 122 valence electrons. The van der Waals surface area contributed by atoms with E-state index in [4.69, 9.17) is 0 Å². The maximum absolute atomic E-state index is 13.3. The van der Waals surface area contributed by atoms with Gasteiger partial charge in [-0.2, -0.15) is 4.72 Å². The molecule has 0 radical (unpaired) electrons. The number of rotatable bonds is 6. The van der Waals surface area contributed by atoms with Crippen molar-refractivity contribution in [2.24, 2.45) is 0 Å². The predicted molar refractivity (Wildman–Crippen MR) is 83.0 cm³/mol. The molecule has 0 saturated carbocycles. The molecule has 0 amide bonds. The molecule has 0 aromatic heterocycles. The Balaban J connectivity index is 2.24. The predicted octanol–water partition coefficient (Wildman–Crippen LogP) is 2.11. The Kier molecular flexibility index (Phi) is 5.12. The maximum atomic E-state index is 13.3. The smallest absolute Gasteiger partial charge is 0.322 e. The average Bonchev–Trinajstić information content (AvgIpc) is 2.50. The van der Waals surface area contributed by atoms with E-state index in [0.29, 0.717) is 5.56 Å². The summed E-state index contributed by atoms with van der Waals surface area (Å²) in [6, 6.07) is 10.7. The van der Waals surface area contributed by atoms with Crippen molar-refractivity contribution in [2.45, 2.75) is 24.3 Å². The maximum Gasteiger partial charge on any atom is 0.322 e. The summed E-state index contributed by atoms with van der Waals surface area (Å²) in [7, 11) is -4.06. The fraction of sp³-hybridized carbons (Fsp3) is 0.188. The lowest BCUT2D eigenvalue weighted by Gasteiger charge is -2.15. The largest absolute Gasteiger partial charge is 0.480 e. The van der Waals surface area contributed by atoms with E-state index < -0.39 is 27.9 Å². The van der Waals surface area contributed by atoms with Crippen LogP contribution in [0, 0.1) is 12.7 Å². The number of sulfonamides is 1. The van der Waals surface area contributed by atoms with Crippen LogP contribution < -0.4 is 4.72 Å². The molecule has 0 unspecified atom stereocenters. The molecule has 1 atom stereocenters. The van der Waals surface area contributed by atoms with Gasteiger partial charge in [0.1, 0.15) is 11.9 Å². The molecule has 2 aromatic carbocycles. The number of carboxylic acid groups (broad SMARTS) is 1. The molecular weight excluding hydrogens is 321 g/mol. The summed E-state index contributed by atoms with van der Waals surface area (Å²) in [6.45, 7) is 1.44. The third-order valence-electron chi connectivity index (χ3n) is 3.32. The molecule has 5 nitrogen and oxygen atoms in total. The van der Waals surface area contributed by atoms with Crippen molar-refractivity contribution >= 4 is 16.0 Å². The van der Waals surface area contributed by atoms with Crippen LogP contribution in [0.1, 0.15) is 11.1 Å². The molecule has 23 heavy (non-hydrogen) atoms. The van der Waals surface area contributed by atoms with Gasteiger partial charge in [0.2, 0.25) is 10.0 Å². The second-order valence-electron chi connectivity index (χ2n) is 5.11. The number of hydrogen-bond acceptors (Lipinski definition) is 3. The van der Waals surface area contributed by atoms with Crippen LogP contribution in [0.15, 0.2) is 53.4 Å². The highest BCUT2D eigenvalue weighted by atomic mass is 32.2. The van der Waals surface area contributed by atoms with Gasteiger partial charge in [0.15, 0.2) is 0 Å². The van der Waals surface area contributed by atoms with E-state index in [0.717, 1.165) is 12.1 Å². The molecule has 0 aliphatic heterocycles. The summed E-state index contributed by atoms with van der Waals surface area (Å²) >= 11 is 0. The van der Waals surface area contributed by atoms with Crippen LogP contribution in [-0.4, -0.2) is 25.5 Å². The highest BCUT2D eigenvalue weighted by molar-refractivity contribution is 7.89. The quantitative estimate of drug-likeness (QED) is 0.846. The van der Waals surface area contributed by atoms with Gasteiger partial charge in [-0.3, -0.25) is 4.79 Å². The first kappa shape index (κ1) is 17.1. The van der Waals surface area contributed by atoms with Gasteiger partial charge in [-0.25, -0.2) is 12.8 Å². The zero-order chi connectivity index (χ0) is 17.0. The lowest BCUT2D eigenvalue weighted by Crippen LogP contribution is -2.42. The summed E-state index contributed by atoms with van der Waals surface area (Å²) in [6.07, 6.45) is 0.00950. The van der Waals surface area contributed by atoms with Crippen LogP contribution in [-0.2, 0) is 21.2 Å².